The number of carbonyl (C=O) groups excluding carboxylic acids is 3. The van der Waals surface area contributed by atoms with Gasteiger partial charge in [-0.3, -0.25) is 23.4 Å². The van der Waals surface area contributed by atoms with Gasteiger partial charge in [0, 0.05) is 19.3 Å². The molecule has 0 heterocycles. The second-order valence-corrected chi connectivity index (χ2v) is 18.8. The molecule has 2 N–H and O–H groups in total. The first-order chi connectivity index (χ1) is 33.2. The lowest BCUT2D eigenvalue weighted by atomic mass is 10.1. The molecule has 0 saturated carbocycles. The molecule has 3 atom stereocenters. The molecule has 0 aromatic carbocycles. The first kappa shape index (κ1) is 64.7. The van der Waals surface area contributed by atoms with Crippen LogP contribution in [0.5, 0.6) is 0 Å². The first-order valence-electron chi connectivity index (χ1n) is 26.5. The number of carbonyl (C=O) groups is 3. The van der Waals surface area contributed by atoms with Crippen molar-refractivity contribution >= 4 is 25.7 Å². The second kappa shape index (κ2) is 50.1. The second-order valence-electron chi connectivity index (χ2n) is 17.3. The predicted molar refractivity (Wildman–Crippen MR) is 279 cm³/mol. The van der Waals surface area contributed by atoms with E-state index in [0.29, 0.717) is 19.3 Å². The van der Waals surface area contributed by atoms with Crippen molar-refractivity contribution in [2.75, 3.05) is 26.4 Å². The Bertz CT molecular complexity index is 1460. The minimum Gasteiger partial charge on any atom is -0.462 e. The topological polar surface area (TPSA) is 155 Å². The van der Waals surface area contributed by atoms with Gasteiger partial charge in [0.25, 0.3) is 0 Å². The molecule has 0 fully saturated rings. The molecule has 0 rings (SSSR count). The van der Waals surface area contributed by atoms with Crippen LogP contribution in [0.4, 0.5) is 0 Å². The molecule has 0 radical (unpaired) electrons. The van der Waals surface area contributed by atoms with Gasteiger partial charge in [-0.2, -0.15) is 0 Å². The number of unbranched alkanes of at least 4 members (excludes halogenated alkanes) is 17. The summed E-state index contributed by atoms with van der Waals surface area (Å²) in [5.41, 5.74) is 0. The van der Waals surface area contributed by atoms with Crippen LogP contribution in [0, 0.1) is 0 Å². The predicted octanol–water partition coefficient (Wildman–Crippen LogP) is 15.1. The van der Waals surface area contributed by atoms with Gasteiger partial charge >= 0.3 is 25.7 Å². The molecular formula is C56H95O11P. The van der Waals surface area contributed by atoms with Gasteiger partial charge in [0.15, 0.2) is 6.10 Å². The van der Waals surface area contributed by atoms with E-state index in [9.17, 15) is 28.9 Å². The first-order valence-corrected chi connectivity index (χ1v) is 28.0. The van der Waals surface area contributed by atoms with E-state index < -0.39 is 57.8 Å². The lowest BCUT2D eigenvalue weighted by Gasteiger charge is -2.21. The quantitative estimate of drug-likeness (QED) is 0.0197. The van der Waals surface area contributed by atoms with Crippen LogP contribution >= 0.6 is 7.82 Å². The molecule has 0 aliphatic rings. The molecule has 0 amide bonds. The van der Waals surface area contributed by atoms with Crippen molar-refractivity contribution < 1.29 is 52.2 Å². The highest BCUT2D eigenvalue weighted by atomic mass is 31.2. The fourth-order valence-electron chi connectivity index (χ4n) is 6.71. The molecule has 12 heteroatoms. The molecule has 0 aliphatic heterocycles. The van der Waals surface area contributed by atoms with Crippen molar-refractivity contribution in [3.63, 3.8) is 0 Å². The normalized spacial score (nSPS) is 14.1. The average molecular weight is 975 g/mol. The summed E-state index contributed by atoms with van der Waals surface area (Å²) in [5.74, 6) is -1.55. The van der Waals surface area contributed by atoms with Crippen LogP contribution in [0.2, 0.25) is 0 Å². The SMILES string of the molecule is CC/C=C\C/C=C\C/C=C\C/C=C\CCCCC(=O)OCC(COP(=O)(O)OCC(CO)OC(=O)CCCCCCC/C=C\CCCC)OC(=O)CCCCCCC/C=C\C/C=C\CCCCC. The van der Waals surface area contributed by atoms with E-state index >= 15 is 0 Å². The number of allylic oxidation sites excluding steroid dienone is 14. The van der Waals surface area contributed by atoms with Crippen molar-refractivity contribution in [3.8, 4) is 0 Å². The van der Waals surface area contributed by atoms with Gasteiger partial charge in [-0.25, -0.2) is 4.57 Å². The smallest absolute Gasteiger partial charge is 0.462 e. The van der Waals surface area contributed by atoms with Crippen LogP contribution < -0.4 is 0 Å². The molecular weight excluding hydrogens is 880 g/mol. The van der Waals surface area contributed by atoms with Crippen LogP contribution in [0.15, 0.2) is 85.1 Å². The summed E-state index contributed by atoms with van der Waals surface area (Å²) in [6, 6.07) is 0. The highest BCUT2D eigenvalue weighted by Gasteiger charge is 2.28. The molecule has 390 valence electrons. The molecule has 0 aromatic heterocycles. The van der Waals surface area contributed by atoms with E-state index in [1.165, 1.54) is 32.1 Å². The van der Waals surface area contributed by atoms with Gasteiger partial charge in [0.05, 0.1) is 19.8 Å². The highest BCUT2D eigenvalue weighted by molar-refractivity contribution is 7.47. The molecule has 0 spiro atoms. The van der Waals surface area contributed by atoms with Crippen molar-refractivity contribution in [3.05, 3.63) is 85.1 Å². The standard InChI is InChI=1S/C56H95O11P/c1-4-7-10-13-16-19-22-24-26-28-31-33-36-39-42-45-54(58)63-49-53(67-56(60)47-44-41-38-35-32-29-27-25-23-20-17-14-11-8-5-2)51-65-68(61,62)64-50-52(48-57)66-55(59)46-43-40-37-34-30-21-18-15-12-9-6-3/h7,10,15-20,24-27,31,33,52-53,57H,4-6,8-9,11-14,21-23,28-30,32,34-51H2,1-3H3,(H,61,62)/b10-7-,18-15-,19-16-,20-17-,26-24-,27-25-,33-31-. The third kappa shape index (κ3) is 47.7. The summed E-state index contributed by atoms with van der Waals surface area (Å²) >= 11 is 0. The maximum atomic E-state index is 12.8. The molecule has 0 bridgehead atoms. The van der Waals surface area contributed by atoms with Crippen LogP contribution in [0.3, 0.4) is 0 Å². The monoisotopic (exact) mass is 975 g/mol. The zero-order valence-corrected chi connectivity index (χ0v) is 43.7. The molecule has 0 aromatic rings. The fraction of sp³-hybridized carbons (Fsp3) is 0.696. The molecule has 0 saturated heterocycles. The van der Waals surface area contributed by atoms with E-state index in [2.05, 4.69) is 106 Å². The number of aliphatic hydroxyl groups is 1. The zero-order chi connectivity index (χ0) is 49.9. The lowest BCUT2D eigenvalue weighted by molar-refractivity contribution is -0.161. The van der Waals surface area contributed by atoms with Crippen molar-refractivity contribution in [1.82, 2.24) is 0 Å². The zero-order valence-electron chi connectivity index (χ0n) is 42.8. The van der Waals surface area contributed by atoms with E-state index in [-0.39, 0.29) is 25.9 Å². The summed E-state index contributed by atoms with van der Waals surface area (Å²) in [6.45, 7) is 4.37. The summed E-state index contributed by atoms with van der Waals surface area (Å²) in [7, 11) is -4.76. The minimum atomic E-state index is -4.76. The molecule has 11 nitrogen and oxygen atoms in total. The number of hydrogen-bond acceptors (Lipinski definition) is 10. The third-order valence-corrected chi connectivity index (χ3v) is 11.7. The number of ether oxygens (including phenoxy) is 3. The van der Waals surface area contributed by atoms with Crippen molar-refractivity contribution in [2.24, 2.45) is 0 Å². The minimum absolute atomic E-state index is 0.139. The summed E-state index contributed by atoms with van der Waals surface area (Å²) in [5, 5.41) is 9.76. The van der Waals surface area contributed by atoms with E-state index in [1.807, 2.05) is 0 Å². The maximum Gasteiger partial charge on any atom is 0.472 e. The van der Waals surface area contributed by atoms with Crippen LogP contribution in [0.25, 0.3) is 0 Å². The van der Waals surface area contributed by atoms with Gasteiger partial charge in [-0.15, -0.1) is 0 Å². The Kier molecular flexibility index (Phi) is 47.6. The largest absolute Gasteiger partial charge is 0.472 e. The molecule has 68 heavy (non-hydrogen) atoms. The average Bonchev–Trinajstić information content (AvgIpc) is 3.32. The van der Waals surface area contributed by atoms with Gasteiger partial charge in [-0.05, 0) is 109 Å². The Morgan fingerprint density at radius 3 is 1.26 bits per heavy atom. The highest BCUT2D eigenvalue weighted by Crippen LogP contribution is 2.43. The fourth-order valence-corrected chi connectivity index (χ4v) is 7.49. The Morgan fingerprint density at radius 2 is 0.779 bits per heavy atom. The summed E-state index contributed by atoms with van der Waals surface area (Å²) in [6.07, 6.45) is 55.5. The van der Waals surface area contributed by atoms with E-state index in [0.717, 1.165) is 122 Å². The number of rotatable bonds is 48. The number of hydrogen-bond donors (Lipinski definition) is 2. The van der Waals surface area contributed by atoms with Crippen LogP contribution in [-0.2, 0) is 42.2 Å². The number of esters is 3. The Morgan fingerprint density at radius 1 is 0.426 bits per heavy atom. The van der Waals surface area contributed by atoms with Gasteiger partial charge < -0.3 is 24.2 Å². The Hall–Kier alpha value is -3.34. The van der Waals surface area contributed by atoms with Gasteiger partial charge in [0.1, 0.15) is 12.7 Å². The molecule has 0 aliphatic carbocycles. The maximum absolute atomic E-state index is 12.8. The number of phosphoric ester groups is 1. The van der Waals surface area contributed by atoms with Gasteiger partial charge in [-0.1, -0.05) is 170 Å². The van der Waals surface area contributed by atoms with E-state index in [4.69, 9.17) is 23.3 Å². The van der Waals surface area contributed by atoms with Crippen LogP contribution in [-0.4, -0.2) is 66.5 Å². The van der Waals surface area contributed by atoms with Crippen molar-refractivity contribution in [2.45, 2.75) is 226 Å². The summed E-state index contributed by atoms with van der Waals surface area (Å²) in [4.78, 5) is 48.3. The lowest BCUT2D eigenvalue weighted by Crippen LogP contribution is -2.30. The van der Waals surface area contributed by atoms with Crippen molar-refractivity contribution in [1.29, 1.82) is 0 Å². The number of aliphatic hydroxyl groups excluding tert-OH is 1. The summed E-state index contributed by atoms with van der Waals surface area (Å²) < 4.78 is 39.3. The van der Waals surface area contributed by atoms with Crippen LogP contribution in [0.1, 0.15) is 213 Å². The molecule has 3 unspecified atom stereocenters. The Labute approximate surface area is 413 Å². The van der Waals surface area contributed by atoms with Gasteiger partial charge in [0.2, 0.25) is 0 Å². The number of phosphoric acid groups is 1. The van der Waals surface area contributed by atoms with E-state index in [1.54, 1.807) is 0 Å². The third-order valence-electron chi connectivity index (χ3n) is 10.8. The Balaban J connectivity index is 4.85.